The van der Waals surface area contributed by atoms with Gasteiger partial charge in [0.2, 0.25) is 12.3 Å². The zero-order valence-corrected chi connectivity index (χ0v) is 23.6. The van der Waals surface area contributed by atoms with Gasteiger partial charge < -0.3 is 30.0 Å². The number of ether oxygens (including phenoxy) is 1. The third kappa shape index (κ3) is 7.72. The Kier molecular flexibility index (Phi) is 10.9. The van der Waals surface area contributed by atoms with E-state index in [0.717, 1.165) is 22.8 Å². The maximum atomic E-state index is 15.2. The summed E-state index contributed by atoms with van der Waals surface area (Å²) in [5.41, 5.74) is 3.15. The zero-order valence-electron chi connectivity index (χ0n) is 23.6. The fourth-order valence-corrected chi connectivity index (χ4v) is 5.20. The van der Waals surface area contributed by atoms with Crippen molar-refractivity contribution in [2.45, 2.75) is 77.2 Å². The number of carbonyl (C=O) groups excluding carboxylic acids is 3. The summed E-state index contributed by atoms with van der Waals surface area (Å²) in [7, 11) is 1.51. The van der Waals surface area contributed by atoms with Crippen LogP contribution in [0.4, 0.5) is 4.39 Å². The molecule has 1 heterocycles. The summed E-state index contributed by atoms with van der Waals surface area (Å²) in [6.07, 6.45) is 2.04. The van der Waals surface area contributed by atoms with Crippen LogP contribution in [0.5, 0.6) is 0 Å². The summed E-state index contributed by atoms with van der Waals surface area (Å²) in [5, 5.41) is 24.3. The average Bonchev–Trinajstić information content (AvgIpc) is 2.92. The SMILES string of the molecule is CNC(=O)CCC(C=O)N(C=O)Cc1c(C)cccc1CCc1ccc(C(O)(O)N2CC(C)OC(C)C2)cc1F. The maximum absolute atomic E-state index is 15.2. The number of rotatable bonds is 13. The predicted molar refractivity (Wildman–Crippen MR) is 147 cm³/mol. The van der Waals surface area contributed by atoms with E-state index in [0.29, 0.717) is 44.2 Å². The maximum Gasteiger partial charge on any atom is 0.253 e. The molecule has 2 amide bonds. The van der Waals surface area contributed by atoms with Gasteiger partial charge in [0.15, 0.2) is 0 Å². The number of aryl methyl sites for hydroxylation is 3. The predicted octanol–water partition coefficient (Wildman–Crippen LogP) is 2.18. The van der Waals surface area contributed by atoms with E-state index in [9.17, 15) is 24.6 Å². The van der Waals surface area contributed by atoms with Crippen LogP contribution in [-0.4, -0.2) is 77.0 Å². The molecule has 3 unspecified atom stereocenters. The van der Waals surface area contributed by atoms with E-state index in [1.54, 1.807) is 6.07 Å². The Bertz CT molecular complexity index is 1180. The van der Waals surface area contributed by atoms with Crippen molar-refractivity contribution < 1.29 is 33.7 Å². The Hall–Kier alpha value is -3.18. The van der Waals surface area contributed by atoms with E-state index in [2.05, 4.69) is 5.32 Å². The Morgan fingerprint density at radius 3 is 2.45 bits per heavy atom. The number of aliphatic hydroxyl groups is 2. The molecule has 40 heavy (non-hydrogen) atoms. The lowest BCUT2D eigenvalue weighted by Crippen LogP contribution is -2.55. The van der Waals surface area contributed by atoms with E-state index in [4.69, 9.17) is 4.74 Å². The van der Waals surface area contributed by atoms with Crippen LogP contribution < -0.4 is 5.32 Å². The molecule has 10 heteroatoms. The number of hydrogen-bond acceptors (Lipinski definition) is 7. The van der Waals surface area contributed by atoms with Crippen LogP contribution in [0.3, 0.4) is 0 Å². The van der Waals surface area contributed by atoms with Gasteiger partial charge in [-0.2, -0.15) is 0 Å². The highest BCUT2D eigenvalue weighted by atomic mass is 19.1. The number of carbonyl (C=O) groups is 3. The molecule has 0 aliphatic carbocycles. The molecule has 2 aromatic rings. The van der Waals surface area contributed by atoms with Gasteiger partial charge in [0.05, 0.1) is 18.2 Å². The molecule has 0 bridgehead atoms. The van der Waals surface area contributed by atoms with E-state index >= 15 is 4.39 Å². The van der Waals surface area contributed by atoms with Crippen LogP contribution in [0.2, 0.25) is 0 Å². The van der Waals surface area contributed by atoms with Crippen molar-refractivity contribution in [3.05, 3.63) is 70.0 Å². The zero-order chi connectivity index (χ0) is 29.4. The summed E-state index contributed by atoms with van der Waals surface area (Å²) in [6.45, 7) is 6.38. The Morgan fingerprint density at radius 2 is 1.85 bits per heavy atom. The monoisotopic (exact) mass is 557 g/mol. The molecule has 1 saturated heterocycles. The van der Waals surface area contributed by atoms with Crippen molar-refractivity contribution in [3.63, 3.8) is 0 Å². The quantitative estimate of drug-likeness (QED) is 0.255. The molecule has 218 valence electrons. The molecule has 3 N–H and O–H groups in total. The van der Waals surface area contributed by atoms with Gasteiger partial charge in [0, 0.05) is 38.7 Å². The highest BCUT2D eigenvalue weighted by Crippen LogP contribution is 2.29. The molecule has 1 aliphatic heterocycles. The van der Waals surface area contributed by atoms with Crippen molar-refractivity contribution >= 4 is 18.6 Å². The largest absolute Gasteiger partial charge is 0.373 e. The molecule has 3 atom stereocenters. The minimum atomic E-state index is -2.33. The van der Waals surface area contributed by atoms with Gasteiger partial charge in [-0.15, -0.1) is 0 Å². The van der Waals surface area contributed by atoms with Gasteiger partial charge >= 0.3 is 0 Å². The first-order valence-electron chi connectivity index (χ1n) is 13.6. The van der Waals surface area contributed by atoms with Gasteiger partial charge in [-0.05, 0) is 68.4 Å². The van der Waals surface area contributed by atoms with Crippen LogP contribution in [0, 0.1) is 12.7 Å². The first-order chi connectivity index (χ1) is 19.0. The highest BCUT2D eigenvalue weighted by Gasteiger charge is 2.39. The molecule has 9 nitrogen and oxygen atoms in total. The first kappa shape index (κ1) is 31.3. The third-order valence-electron chi connectivity index (χ3n) is 7.48. The normalized spacial score (nSPS) is 18.7. The van der Waals surface area contributed by atoms with Gasteiger partial charge in [-0.1, -0.05) is 30.3 Å². The number of morpholine rings is 1. The van der Waals surface area contributed by atoms with Gasteiger partial charge in [-0.25, -0.2) is 9.29 Å². The fourth-order valence-electron chi connectivity index (χ4n) is 5.20. The average molecular weight is 558 g/mol. The number of aldehydes is 1. The highest BCUT2D eigenvalue weighted by molar-refractivity contribution is 5.76. The molecule has 0 spiro atoms. The van der Waals surface area contributed by atoms with Crippen molar-refractivity contribution in [2.24, 2.45) is 0 Å². The standard InChI is InChI=1S/C30H40FN3O6/c1-20-6-5-7-23(27(20)17-33(19-36)26(18-35)12-13-29(37)32-4)8-9-24-10-11-25(14-28(24)31)30(38,39)34-15-21(2)40-22(3)16-34/h5-7,10-11,14,18-19,21-22,26,38-39H,8-9,12-13,15-17H2,1-4H3,(H,32,37). The van der Waals surface area contributed by atoms with Crippen molar-refractivity contribution in [2.75, 3.05) is 20.1 Å². The molecule has 2 aromatic carbocycles. The Balaban J connectivity index is 1.74. The summed E-state index contributed by atoms with van der Waals surface area (Å²) in [6, 6.07) is 9.20. The number of halogens is 1. The van der Waals surface area contributed by atoms with Crippen LogP contribution in [0.1, 0.15) is 54.5 Å². The van der Waals surface area contributed by atoms with E-state index in [-0.39, 0.29) is 43.1 Å². The van der Waals surface area contributed by atoms with Gasteiger partial charge in [0.1, 0.15) is 12.1 Å². The molecule has 3 rings (SSSR count). The Labute approximate surface area is 234 Å². The number of amides is 2. The Morgan fingerprint density at radius 1 is 1.18 bits per heavy atom. The van der Waals surface area contributed by atoms with Crippen molar-refractivity contribution in [1.29, 1.82) is 0 Å². The van der Waals surface area contributed by atoms with Crippen LogP contribution >= 0.6 is 0 Å². The van der Waals surface area contributed by atoms with Gasteiger partial charge in [-0.3, -0.25) is 9.59 Å². The second-order valence-corrected chi connectivity index (χ2v) is 10.5. The molecule has 0 saturated carbocycles. The molecular weight excluding hydrogens is 517 g/mol. The summed E-state index contributed by atoms with van der Waals surface area (Å²) < 4.78 is 20.9. The molecule has 0 radical (unpaired) electrons. The number of nitrogens with one attached hydrogen (secondary N) is 1. The lowest BCUT2D eigenvalue weighted by molar-refractivity contribution is -0.298. The molecule has 1 aliphatic rings. The molecule has 1 fully saturated rings. The second kappa shape index (κ2) is 13.9. The first-order valence-corrected chi connectivity index (χ1v) is 13.6. The second-order valence-electron chi connectivity index (χ2n) is 10.5. The molecule has 0 aromatic heterocycles. The summed E-state index contributed by atoms with van der Waals surface area (Å²) in [4.78, 5) is 38.1. The van der Waals surface area contributed by atoms with Crippen molar-refractivity contribution in [1.82, 2.24) is 15.1 Å². The third-order valence-corrected chi connectivity index (χ3v) is 7.48. The van der Waals surface area contributed by atoms with E-state index in [1.165, 1.54) is 22.9 Å². The van der Waals surface area contributed by atoms with Crippen molar-refractivity contribution in [3.8, 4) is 0 Å². The smallest absolute Gasteiger partial charge is 0.253 e. The summed E-state index contributed by atoms with van der Waals surface area (Å²) in [5.74, 6) is -3.09. The van der Waals surface area contributed by atoms with Crippen LogP contribution in [0.25, 0.3) is 0 Å². The fraction of sp³-hybridized carbons (Fsp3) is 0.500. The van der Waals surface area contributed by atoms with Gasteiger partial charge in [0.25, 0.3) is 5.91 Å². The number of nitrogens with zero attached hydrogens (tertiary/aromatic N) is 2. The number of benzene rings is 2. The molecular formula is C30H40FN3O6. The minimum Gasteiger partial charge on any atom is -0.373 e. The lowest BCUT2D eigenvalue weighted by atomic mass is 9.95. The lowest BCUT2D eigenvalue weighted by Gasteiger charge is -2.42. The minimum absolute atomic E-state index is 0.0459. The van der Waals surface area contributed by atoms with Crippen LogP contribution in [0.15, 0.2) is 36.4 Å². The topological polar surface area (TPSA) is 119 Å². The van der Waals surface area contributed by atoms with E-state index in [1.807, 2.05) is 39.0 Å². The summed E-state index contributed by atoms with van der Waals surface area (Å²) >= 11 is 0. The number of hydrogen-bond donors (Lipinski definition) is 3. The van der Waals surface area contributed by atoms with Crippen LogP contribution in [-0.2, 0) is 44.4 Å². The van der Waals surface area contributed by atoms with E-state index < -0.39 is 17.8 Å².